The number of benzene rings is 1. The molecule has 0 aliphatic heterocycles. The fraction of sp³-hybridized carbons (Fsp3) is 0.412. The van der Waals surface area contributed by atoms with E-state index in [-0.39, 0.29) is 5.91 Å². The van der Waals surface area contributed by atoms with Gasteiger partial charge in [0, 0.05) is 5.02 Å². The van der Waals surface area contributed by atoms with Crippen LogP contribution in [0.15, 0.2) is 18.2 Å². The molecule has 0 atom stereocenters. The lowest BCUT2D eigenvalue weighted by Crippen LogP contribution is -2.13. The molecule has 124 valence electrons. The number of amides is 1. The molecule has 1 heterocycles. The molecule has 4 nitrogen and oxygen atoms in total. The first kappa shape index (κ1) is 17.8. The average molecular weight is 353 g/mol. The lowest BCUT2D eigenvalue weighted by atomic mass is 10.2. The van der Waals surface area contributed by atoms with Crippen LogP contribution in [-0.2, 0) is 6.42 Å². The van der Waals surface area contributed by atoms with Gasteiger partial charge in [-0.05, 0) is 44.4 Å². The van der Waals surface area contributed by atoms with Gasteiger partial charge in [-0.15, -0.1) is 11.3 Å². The number of nitrogens with one attached hydrogen (secondary N) is 1. The number of halogens is 1. The number of ether oxygens (including phenoxy) is 1. The second kappa shape index (κ2) is 8.31. The summed E-state index contributed by atoms with van der Waals surface area (Å²) in [6.07, 6.45) is 2.79. The van der Waals surface area contributed by atoms with Crippen LogP contribution in [0, 0.1) is 6.92 Å². The molecule has 0 saturated carbocycles. The van der Waals surface area contributed by atoms with Gasteiger partial charge in [0.15, 0.2) is 0 Å². The first-order chi connectivity index (χ1) is 11.0. The van der Waals surface area contributed by atoms with Crippen molar-refractivity contribution in [3.05, 3.63) is 38.8 Å². The monoisotopic (exact) mass is 352 g/mol. The van der Waals surface area contributed by atoms with Crippen molar-refractivity contribution in [3.63, 3.8) is 0 Å². The molecule has 1 aromatic carbocycles. The Balaban J connectivity index is 2.20. The SMILES string of the molecule is CCCOc1ccc(Cl)cc1NC(=O)c1sc(CCC)nc1C. The van der Waals surface area contributed by atoms with Gasteiger partial charge in [-0.2, -0.15) is 0 Å². The van der Waals surface area contributed by atoms with Crippen molar-refractivity contribution in [2.45, 2.75) is 40.0 Å². The molecule has 0 bridgehead atoms. The quantitative estimate of drug-likeness (QED) is 0.754. The molecule has 1 N–H and O–H groups in total. The summed E-state index contributed by atoms with van der Waals surface area (Å²) in [6.45, 7) is 6.58. The smallest absolute Gasteiger partial charge is 0.267 e. The van der Waals surface area contributed by atoms with E-state index in [0.29, 0.717) is 27.9 Å². The lowest BCUT2D eigenvalue weighted by molar-refractivity contribution is 0.102. The minimum Gasteiger partial charge on any atom is -0.491 e. The number of rotatable bonds is 7. The highest BCUT2D eigenvalue weighted by molar-refractivity contribution is 7.13. The number of carbonyl (C=O) groups is 1. The molecule has 0 unspecified atom stereocenters. The van der Waals surface area contributed by atoms with Crippen molar-refractivity contribution in [1.29, 1.82) is 0 Å². The highest BCUT2D eigenvalue weighted by atomic mass is 35.5. The van der Waals surface area contributed by atoms with E-state index in [1.807, 2.05) is 13.8 Å². The summed E-state index contributed by atoms with van der Waals surface area (Å²) in [5.41, 5.74) is 1.34. The molecular weight excluding hydrogens is 332 g/mol. The fourth-order valence-electron chi connectivity index (χ4n) is 2.10. The van der Waals surface area contributed by atoms with E-state index in [2.05, 4.69) is 17.2 Å². The zero-order chi connectivity index (χ0) is 16.8. The topological polar surface area (TPSA) is 51.2 Å². The van der Waals surface area contributed by atoms with Gasteiger partial charge in [-0.1, -0.05) is 25.4 Å². The van der Waals surface area contributed by atoms with Gasteiger partial charge >= 0.3 is 0 Å². The summed E-state index contributed by atoms with van der Waals surface area (Å²) in [5.74, 6) is 0.450. The number of hydrogen-bond acceptors (Lipinski definition) is 4. The Labute approximate surface area is 145 Å². The number of aryl methyl sites for hydroxylation is 2. The van der Waals surface area contributed by atoms with Crippen molar-refractivity contribution < 1.29 is 9.53 Å². The Hall–Kier alpha value is -1.59. The first-order valence-corrected chi connectivity index (χ1v) is 8.94. The van der Waals surface area contributed by atoms with Crippen molar-refractivity contribution in [1.82, 2.24) is 4.98 Å². The van der Waals surface area contributed by atoms with Crippen LogP contribution in [0.4, 0.5) is 5.69 Å². The predicted octanol–water partition coefficient (Wildman–Crippen LogP) is 5.10. The van der Waals surface area contributed by atoms with Crippen LogP contribution in [0.1, 0.15) is 47.1 Å². The van der Waals surface area contributed by atoms with E-state index >= 15 is 0 Å². The summed E-state index contributed by atoms with van der Waals surface area (Å²) in [7, 11) is 0. The van der Waals surface area contributed by atoms with Crippen molar-refractivity contribution in [3.8, 4) is 5.75 Å². The van der Waals surface area contributed by atoms with Crippen LogP contribution in [0.3, 0.4) is 0 Å². The molecule has 23 heavy (non-hydrogen) atoms. The summed E-state index contributed by atoms with van der Waals surface area (Å²) < 4.78 is 5.67. The lowest BCUT2D eigenvalue weighted by Gasteiger charge is -2.12. The minimum absolute atomic E-state index is 0.175. The van der Waals surface area contributed by atoms with Crippen LogP contribution < -0.4 is 10.1 Å². The van der Waals surface area contributed by atoms with E-state index in [4.69, 9.17) is 16.3 Å². The number of aromatic nitrogens is 1. The van der Waals surface area contributed by atoms with E-state index in [1.54, 1.807) is 18.2 Å². The first-order valence-electron chi connectivity index (χ1n) is 7.75. The average Bonchev–Trinajstić information content (AvgIpc) is 2.87. The maximum atomic E-state index is 12.6. The molecule has 0 radical (unpaired) electrons. The number of carbonyl (C=O) groups excluding carboxylic acids is 1. The summed E-state index contributed by atoms with van der Waals surface area (Å²) in [6, 6.07) is 5.23. The molecule has 1 aromatic heterocycles. The molecule has 0 spiro atoms. The van der Waals surface area contributed by atoms with Gasteiger partial charge in [0.2, 0.25) is 0 Å². The third-order valence-corrected chi connectivity index (χ3v) is 4.61. The molecule has 2 aromatic rings. The molecule has 6 heteroatoms. The largest absolute Gasteiger partial charge is 0.491 e. The molecule has 0 aliphatic rings. The summed E-state index contributed by atoms with van der Waals surface area (Å²) in [5, 5.41) is 4.44. The van der Waals surface area contributed by atoms with E-state index in [9.17, 15) is 4.79 Å². The Kier molecular flexibility index (Phi) is 6.42. The number of hydrogen-bond donors (Lipinski definition) is 1. The van der Waals surface area contributed by atoms with Gasteiger partial charge < -0.3 is 10.1 Å². The summed E-state index contributed by atoms with van der Waals surface area (Å²) in [4.78, 5) is 17.6. The zero-order valence-corrected chi connectivity index (χ0v) is 15.2. The van der Waals surface area contributed by atoms with Crippen molar-refractivity contribution >= 4 is 34.5 Å². The summed E-state index contributed by atoms with van der Waals surface area (Å²) >= 11 is 7.48. The Morgan fingerprint density at radius 2 is 2.13 bits per heavy atom. The van der Waals surface area contributed by atoms with Gasteiger partial charge in [0.1, 0.15) is 10.6 Å². The van der Waals surface area contributed by atoms with Crippen LogP contribution in [-0.4, -0.2) is 17.5 Å². The van der Waals surface area contributed by atoms with Crippen LogP contribution in [0.2, 0.25) is 5.02 Å². The highest BCUT2D eigenvalue weighted by Gasteiger charge is 2.17. The van der Waals surface area contributed by atoms with Crippen molar-refractivity contribution in [2.24, 2.45) is 0 Å². The van der Waals surface area contributed by atoms with Crippen LogP contribution in [0.5, 0.6) is 5.75 Å². The van der Waals surface area contributed by atoms with Crippen LogP contribution >= 0.6 is 22.9 Å². The maximum Gasteiger partial charge on any atom is 0.267 e. The van der Waals surface area contributed by atoms with Gasteiger partial charge in [0.05, 0.1) is 23.0 Å². The highest BCUT2D eigenvalue weighted by Crippen LogP contribution is 2.29. The maximum absolute atomic E-state index is 12.6. The molecule has 0 saturated heterocycles. The number of thiazole rings is 1. The molecule has 1 amide bonds. The molecule has 0 fully saturated rings. The van der Waals surface area contributed by atoms with Crippen LogP contribution in [0.25, 0.3) is 0 Å². The van der Waals surface area contributed by atoms with Gasteiger partial charge in [-0.25, -0.2) is 4.98 Å². The second-order valence-electron chi connectivity index (χ2n) is 5.22. The van der Waals surface area contributed by atoms with E-state index in [0.717, 1.165) is 30.0 Å². The predicted molar refractivity (Wildman–Crippen MR) is 96.0 cm³/mol. The normalized spacial score (nSPS) is 10.6. The molecular formula is C17H21ClN2O2S. The molecule has 2 rings (SSSR count). The Morgan fingerprint density at radius 1 is 1.35 bits per heavy atom. The standard InChI is InChI=1S/C17H21ClN2O2S/c1-4-6-15-19-11(3)16(23-15)17(21)20-13-10-12(18)7-8-14(13)22-9-5-2/h7-8,10H,4-6,9H2,1-3H3,(H,20,21). The third kappa shape index (κ3) is 4.69. The number of nitrogens with zero attached hydrogens (tertiary/aromatic N) is 1. The Morgan fingerprint density at radius 3 is 2.83 bits per heavy atom. The second-order valence-corrected chi connectivity index (χ2v) is 6.74. The van der Waals surface area contributed by atoms with Crippen molar-refractivity contribution in [2.75, 3.05) is 11.9 Å². The zero-order valence-electron chi connectivity index (χ0n) is 13.6. The minimum atomic E-state index is -0.175. The van der Waals surface area contributed by atoms with E-state index in [1.165, 1.54) is 11.3 Å². The number of anilines is 1. The Bertz CT molecular complexity index is 685. The molecule has 0 aliphatic carbocycles. The fourth-order valence-corrected chi connectivity index (χ4v) is 3.33. The van der Waals surface area contributed by atoms with Gasteiger partial charge in [0.25, 0.3) is 5.91 Å². The van der Waals surface area contributed by atoms with E-state index < -0.39 is 0 Å². The van der Waals surface area contributed by atoms with Gasteiger partial charge in [-0.3, -0.25) is 4.79 Å². The third-order valence-electron chi connectivity index (χ3n) is 3.16.